The molecule has 5 nitrogen and oxygen atoms in total. The van der Waals surface area contributed by atoms with E-state index < -0.39 is 0 Å². The summed E-state index contributed by atoms with van der Waals surface area (Å²) in [5, 5.41) is 0.125. The second-order valence-corrected chi connectivity index (χ2v) is 4.16. The summed E-state index contributed by atoms with van der Waals surface area (Å²) in [5.41, 5.74) is 1.36. The third kappa shape index (κ3) is 3.06. The van der Waals surface area contributed by atoms with E-state index in [1.807, 2.05) is 6.92 Å². The van der Waals surface area contributed by atoms with Crippen LogP contribution in [0.4, 0.5) is 0 Å². The minimum atomic E-state index is 0.125. The van der Waals surface area contributed by atoms with Gasteiger partial charge in [-0.25, -0.2) is 9.97 Å². The molecule has 2 aromatic heterocycles. The number of pyridine rings is 1. The van der Waals surface area contributed by atoms with Gasteiger partial charge in [-0.3, -0.25) is 9.78 Å². The Morgan fingerprint density at radius 1 is 1.37 bits per heavy atom. The number of nitrogens with zero attached hydrogens (tertiary/aromatic N) is 3. The first-order valence-electron chi connectivity index (χ1n) is 5.80. The summed E-state index contributed by atoms with van der Waals surface area (Å²) >= 11 is 5.87. The van der Waals surface area contributed by atoms with Crippen molar-refractivity contribution < 1.29 is 9.53 Å². The van der Waals surface area contributed by atoms with E-state index in [9.17, 15) is 4.79 Å². The highest BCUT2D eigenvalue weighted by atomic mass is 35.5. The molecule has 98 valence electrons. The van der Waals surface area contributed by atoms with Gasteiger partial charge < -0.3 is 4.74 Å². The van der Waals surface area contributed by atoms with E-state index in [1.54, 1.807) is 18.5 Å². The van der Waals surface area contributed by atoms with E-state index in [0.717, 1.165) is 6.42 Å². The fourth-order valence-electron chi connectivity index (χ4n) is 1.56. The highest BCUT2D eigenvalue weighted by Crippen LogP contribution is 2.26. The van der Waals surface area contributed by atoms with Crippen LogP contribution in [0.5, 0.6) is 5.75 Å². The molecule has 0 radical (unpaired) electrons. The van der Waals surface area contributed by atoms with E-state index in [2.05, 4.69) is 15.0 Å². The SMILES string of the molecule is CCCOc1cncc(-c2ncnc(Cl)c2C=O)c1. The highest BCUT2D eigenvalue weighted by Gasteiger charge is 2.12. The number of hydrogen-bond donors (Lipinski definition) is 0. The summed E-state index contributed by atoms with van der Waals surface area (Å²) in [6.07, 6.45) is 6.07. The van der Waals surface area contributed by atoms with E-state index >= 15 is 0 Å². The van der Waals surface area contributed by atoms with Crippen LogP contribution < -0.4 is 4.74 Å². The summed E-state index contributed by atoms with van der Waals surface area (Å²) in [6.45, 7) is 2.63. The maximum absolute atomic E-state index is 11.1. The second-order valence-electron chi connectivity index (χ2n) is 3.80. The summed E-state index contributed by atoms with van der Waals surface area (Å²) in [6, 6.07) is 1.77. The van der Waals surface area contributed by atoms with Gasteiger partial charge in [0.2, 0.25) is 0 Å². The minimum absolute atomic E-state index is 0.125. The molecule has 2 aromatic rings. The molecule has 0 atom stereocenters. The van der Waals surface area contributed by atoms with E-state index in [1.165, 1.54) is 6.33 Å². The van der Waals surface area contributed by atoms with Crippen molar-refractivity contribution >= 4 is 17.9 Å². The molecule has 2 heterocycles. The Morgan fingerprint density at radius 2 is 2.21 bits per heavy atom. The molecule has 0 unspecified atom stereocenters. The molecule has 0 amide bonds. The molecule has 2 rings (SSSR count). The maximum atomic E-state index is 11.1. The van der Waals surface area contributed by atoms with Crippen LogP contribution in [0.2, 0.25) is 5.15 Å². The second kappa shape index (κ2) is 6.24. The Bertz CT molecular complexity index is 590. The van der Waals surface area contributed by atoms with Gasteiger partial charge in [0.15, 0.2) is 6.29 Å². The molecule has 0 saturated carbocycles. The molecule has 0 saturated heterocycles. The zero-order valence-corrected chi connectivity index (χ0v) is 11.1. The number of carbonyl (C=O) groups is 1. The van der Waals surface area contributed by atoms with Crippen molar-refractivity contribution in [2.24, 2.45) is 0 Å². The predicted molar refractivity (Wildman–Crippen MR) is 71.4 cm³/mol. The van der Waals surface area contributed by atoms with Gasteiger partial charge in [0.1, 0.15) is 17.2 Å². The molecule has 0 bridgehead atoms. The average molecular weight is 278 g/mol. The van der Waals surface area contributed by atoms with Crippen LogP contribution >= 0.6 is 11.6 Å². The van der Waals surface area contributed by atoms with Gasteiger partial charge in [-0.05, 0) is 12.5 Å². The summed E-state index contributed by atoms with van der Waals surface area (Å²) in [4.78, 5) is 23.0. The summed E-state index contributed by atoms with van der Waals surface area (Å²) in [5.74, 6) is 0.630. The first-order valence-corrected chi connectivity index (χ1v) is 6.18. The van der Waals surface area contributed by atoms with Crippen LogP contribution in [0.1, 0.15) is 23.7 Å². The molecular formula is C13H12ClN3O2. The van der Waals surface area contributed by atoms with Gasteiger partial charge in [-0.1, -0.05) is 18.5 Å². The fraction of sp³-hybridized carbons (Fsp3) is 0.231. The first kappa shape index (κ1) is 13.4. The monoisotopic (exact) mass is 277 g/mol. The topological polar surface area (TPSA) is 65.0 Å². The highest BCUT2D eigenvalue weighted by molar-refractivity contribution is 6.32. The molecular weight excluding hydrogens is 266 g/mol. The molecule has 6 heteroatoms. The largest absolute Gasteiger partial charge is 0.492 e. The molecule has 0 aliphatic rings. The molecule has 0 aliphatic carbocycles. The van der Waals surface area contributed by atoms with Crippen molar-refractivity contribution in [3.8, 4) is 17.0 Å². The number of halogens is 1. The van der Waals surface area contributed by atoms with Gasteiger partial charge in [-0.15, -0.1) is 0 Å². The van der Waals surface area contributed by atoms with Crippen molar-refractivity contribution in [1.82, 2.24) is 15.0 Å². The van der Waals surface area contributed by atoms with Crippen LogP contribution in [0.25, 0.3) is 11.3 Å². The molecule has 19 heavy (non-hydrogen) atoms. The number of aromatic nitrogens is 3. The van der Waals surface area contributed by atoms with Crippen LogP contribution in [-0.4, -0.2) is 27.8 Å². The lowest BCUT2D eigenvalue weighted by atomic mass is 10.1. The Labute approximate surface area is 115 Å². The molecule has 0 N–H and O–H groups in total. The molecule has 0 fully saturated rings. The van der Waals surface area contributed by atoms with E-state index in [4.69, 9.17) is 16.3 Å². The van der Waals surface area contributed by atoms with Gasteiger partial charge >= 0.3 is 0 Å². The zero-order valence-electron chi connectivity index (χ0n) is 10.3. The maximum Gasteiger partial charge on any atom is 0.155 e. The lowest BCUT2D eigenvalue weighted by Gasteiger charge is -2.07. The average Bonchev–Trinajstić information content (AvgIpc) is 2.45. The standard InChI is InChI=1S/C13H12ClN3O2/c1-2-3-19-10-4-9(5-15-6-10)12-11(7-18)13(14)17-8-16-12/h4-8H,2-3H2,1H3. The third-order valence-corrected chi connectivity index (χ3v) is 2.71. The van der Waals surface area contributed by atoms with Gasteiger partial charge in [-0.2, -0.15) is 0 Å². The Hall–Kier alpha value is -2.01. The van der Waals surface area contributed by atoms with Crippen LogP contribution in [0.3, 0.4) is 0 Å². The van der Waals surface area contributed by atoms with Crippen molar-refractivity contribution in [1.29, 1.82) is 0 Å². The Balaban J connectivity index is 2.41. The third-order valence-electron chi connectivity index (χ3n) is 2.41. The van der Waals surface area contributed by atoms with Crippen LogP contribution in [0.15, 0.2) is 24.8 Å². The zero-order chi connectivity index (χ0) is 13.7. The normalized spacial score (nSPS) is 10.2. The van der Waals surface area contributed by atoms with Crippen molar-refractivity contribution in [2.75, 3.05) is 6.61 Å². The number of carbonyl (C=O) groups excluding carboxylic acids is 1. The number of rotatable bonds is 5. The summed E-state index contributed by atoms with van der Waals surface area (Å²) < 4.78 is 5.49. The van der Waals surface area contributed by atoms with E-state index in [0.29, 0.717) is 29.9 Å². The van der Waals surface area contributed by atoms with Gasteiger partial charge in [0.25, 0.3) is 0 Å². The molecule has 0 aliphatic heterocycles. The smallest absolute Gasteiger partial charge is 0.155 e. The predicted octanol–water partition coefficient (Wildman–Crippen LogP) is 2.79. The van der Waals surface area contributed by atoms with Crippen LogP contribution in [-0.2, 0) is 0 Å². The summed E-state index contributed by atoms with van der Waals surface area (Å²) in [7, 11) is 0. The number of hydrogen-bond acceptors (Lipinski definition) is 5. The lowest BCUT2D eigenvalue weighted by molar-refractivity contribution is 0.112. The lowest BCUT2D eigenvalue weighted by Crippen LogP contribution is -1.98. The first-order chi connectivity index (χ1) is 9.26. The van der Waals surface area contributed by atoms with Crippen molar-refractivity contribution in [3.63, 3.8) is 0 Å². The van der Waals surface area contributed by atoms with Gasteiger partial charge in [0, 0.05) is 11.8 Å². The Kier molecular flexibility index (Phi) is 4.41. The number of aldehydes is 1. The Morgan fingerprint density at radius 3 is 2.95 bits per heavy atom. The molecule has 0 aromatic carbocycles. The van der Waals surface area contributed by atoms with Crippen molar-refractivity contribution in [3.05, 3.63) is 35.5 Å². The van der Waals surface area contributed by atoms with Crippen molar-refractivity contribution in [2.45, 2.75) is 13.3 Å². The minimum Gasteiger partial charge on any atom is -0.492 e. The molecule has 0 spiro atoms. The number of ether oxygens (including phenoxy) is 1. The van der Waals surface area contributed by atoms with Crippen LogP contribution in [0, 0.1) is 0 Å². The van der Waals surface area contributed by atoms with E-state index in [-0.39, 0.29) is 10.7 Å². The quantitative estimate of drug-likeness (QED) is 0.621. The fourth-order valence-corrected chi connectivity index (χ4v) is 1.73. The van der Waals surface area contributed by atoms with Gasteiger partial charge in [0.05, 0.1) is 24.1 Å².